The molecule has 2 heteroatoms. The van der Waals surface area contributed by atoms with Crippen molar-refractivity contribution in [2.45, 2.75) is 46.1 Å². The van der Waals surface area contributed by atoms with Crippen LogP contribution >= 0.6 is 0 Å². The third-order valence-corrected chi connectivity index (χ3v) is 3.86. The molecule has 2 aromatic carbocycles. The molecule has 0 saturated carbocycles. The SMILES string of the molecule is CC[C@H](N)c1ccccc1Oc1cc(C(C)C)ccc1C. The average Bonchev–Trinajstić information content (AvgIpc) is 2.49. The Morgan fingerprint density at radius 1 is 1.05 bits per heavy atom. The van der Waals surface area contributed by atoms with E-state index in [1.54, 1.807) is 0 Å². The van der Waals surface area contributed by atoms with Gasteiger partial charge in [0.1, 0.15) is 11.5 Å². The van der Waals surface area contributed by atoms with Crippen LogP contribution in [0.2, 0.25) is 0 Å². The smallest absolute Gasteiger partial charge is 0.132 e. The van der Waals surface area contributed by atoms with Crippen molar-refractivity contribution in [1.82, 2.24) is 0 Å². The third kappa shape index (κ3) is 3.64. The standard InChI is InChI=1S/C19H25NO/c1-5-17(20)16-8-6-7-9-18(16)21-19-12-15(13(2)3)11-10-14(19)4/h6-13,17H,5,20H2,1-4H3/t17-/m0/s1. The van der Waals surface area contributed by atoms with Gasteiger partial charge in [0, 0.05) is 11.6 Å². The van der Waals surface area contributed by atoms with Gasteiger partial charge in [0.25, 0.3) is 0 Å². The molecule has 0 radical (unpaired) electrons. The number of hydrogen-bond donors (Lipinski definition) is 1. The second kappa shape index (κ2) is 6.77. The Labute approximate surface area is 127 Å². The van der Waals surface area contributed by atoms with Crippen molar-refractivity contribution in [2.24, 2.45) is 5.73 Å². The molecule has 112 valence electrons. The molecule has 2 rings (SSSR count). The minimum Gasteiger partial charge on any atom is -0.457 e. The van der Waals surface area contributed by atoms with E-state index in [0.717, 1.165) is 29.0 Å². The second-order valence-electron chi connectivity index (χ2n) is 5.83. The zero-order chi connectivity index (χ0) is 15.4. The van der Waals surface area contributed by atoms with Gasteiger partial charge in [0.15, 0.2) is 0 Å². The molecule has 0 heterocycles. The Bertz CT molecular complexity index is 604. The summed E-state index contributed by atoms with van der Waals surface area (Å²) in [6, 6.07) is 14.5. The van der Waals surface area contributed by atoms with Crippen molar-refractivity contribution in [2.75, 3.05) is 0 Å². The molecular weight excluding hydrogens is 258 g/mol. The summed E-state index contributed by atoms with van der Waals surface area (Å²) in [7, 11) is 0. The summed E-state index contributed by atoms with van der Waals surface area (Å²) in [5.74, 6) is 2.26. The summed E-state index contributed by atoms with van der Waals surface area (Å²) < 4.78 is 6.17. The zero-order valence-electron chi connectivity index (χ0n) is 13.4. The maximum absolute atomic E-state index is 6.18. The Hall–Kier alpha value is -1.80. The van der Waals surface area contributed by atoms with Crippen LogP contribution in [-0.4, -0.2) is 0 Å². The first-order chi connectivity index (χ1) is 10.0. The van der Waals surface area contributed by atoms with Gasteiger partial charge in [-0.2, -0.15) is 0 Å². The zero-order valence-corrected chi connectivity index (χ0v) is 13.4. The van der Waals surface area contributed by atoms with E-state index in [4.69, 9.17) is 10.5 Å². The Kier molecular flexibility index (Phi) is 5.03. The van der Waals surface area contributed by atoms with E-state index in [0.29, 0.717) is 5.92 Å². The lowest BCUT2D eigenvalue weighted by Gasteiger charge is -2.17. The van der Waals surface area contributed by atoms with E-state index in [-0.39, 0.29) is 6.04 Å². The lowest BCUT2D eigenvalue weighted by molar-refractivity contribution is 0.464. The van der Waals surface area contributed by atoms with E-state index in [9.17, 15) is 0 Å². The maximum atomic E-state index is 6.18. The summed E-state index contributed by atoms with van der Waals surface area (Å²) in [5.41, 5.74) is 9.67. The van der Waals surface area contributed by atoms with Crippen LogP contribution in [0.5, 0.6) is 11.5 Å². The normalized spacial score (nSPS) is 12.5. The summed E-state index contributed by atoms with van der Waals surface area (Å²) in [4.78, 5) is 0. The minimum absolute atomic E-state index is 0.00906. The molecule has 0 aliphatic rings. The number of nitrogens with two attached hydrogens (primary N) is 1. The van der Waals surface area contributed by atoms with Crippen molar-refractivity contribution >= 4 is 0 Å². The van der Waals surface area contributed by atoms with Crippen LogP contribution in [0.25, 0.3) is 0 Å². The molecule has 2 N–H and O–H groups in total. The quantitative estimate of drug-likeness (QED) is 0.806. The molecule has 0 aliphatic carbocycles. The Balaban J connectivity index is 2.36. The van der Waals surface area contributed by atoms with Gasteiger partial charge >= 0.3 is 0 Å². The molecule has 0 bridgehead atoms. The molecule has 2 aromatic rings. The van der Waals surface area contributed by atoms with E-state index >= 15 is 0 Å². The van der Waals surface area contributed by atoms with Crippen LogP contribution < -0.4 is 10.5 Å². The molecule has 0 fully saturated rings. The number of benzene rings is 2. The van der Waals surface area contributed by atoms with Crippen molar-refractivity contribution in [3.05, 3.63) is 59.2 Å². The fourth-order valence-electron chi connectivity index (χ4n) is 2.30. The van der Waals surface area contributed by atoms with Gasteiger partial charge in [-0.15, -0.1) is 0 Å². The molecule has 0 aromatic heterocycles. The van der Waals surface area contributed by atoms with Crippen LogP contribution in [-0.2, 0) is 0 Å². The molecular formula is C19H25NO. The first kappa shape index (κ1) is 15.6. The Morgan fingerprint density at radius 3 is 2.43 bits per heavy atom. The lowest BCUT2D eigenvalue weighted by atomic mass is 10.0. The number of para-hydroxylation sites is 1. The van der Waals surface area contributed by atoms with Crippen molar-refractivity contribution < 1.29 is 4.74 Å². The van der Waals surface area contributed by atoms with Crippen LogP contribution in [0, 0.1) is 6.92 Å². The van der Waals surface area contributed by atoms with Gasteiger partial charge in [-0.1, -0.05) is 51.1 Å². The number of rotatable bonds is 5. The number of aryl methyl sites for hydroxylation is 1. The van der Waals surface area contributed by atoms with Crippen molar-refractivity contribution in [3.63, 3.8) is 0 Å². The number of ether oxygens (including phenoxy) is 1. The largest absolute Gasteiger partial charge is 0.457 e. The fraction of sp³-hybridized carbons (Fsp3) is 0.368. The van der Waals surface area contributed by atoms with Crippen LogP contribution in [0.3, 0.4) is 0 Å². The molecule has 0 amide bonds. The third-order valence-electron chi connectivity index (χ3n) is 3.86. The van der Waals surface area contributed by atoms with Crippen LogP contribution in [0.4, 0.5) is 0 Å². The predicted octanol–water partition coefficient (Wildman–Crippen LogP) is 5.32. The van der Waals surface area contributed by atoms with Gasteiger partial charge < -0.3 is 10.5 Å². The topological polar surface area (TPSA) is 35.2 Å². The van der Waals surface area contributed by atoms with E-state index in [1.807, 2.05) is 24.3 Å². The first-order valence-electron chi connectivity index (χ1n) is 7.65. The monoisotopic (exact) mass is 283 g/mol. The highest BCUT2D eigenvalue weighted by Gasteiger charge is 2.12. The highest BCUT2D eigenvalue weighted by Crippen LogP contribution is 2.33. The number of hydrogen-bond acceptors (Lipinski definition) is 2. The molecule has 2 nitrogen and oxygen atoms in total. The predicted molar refractivity (Wildman–Crippen MR) is 89.0 cm³/mol. The first-order valence-corrected chi connectivity index (χ1v) is 7.65. The summed E-state index contributed by atoms with van der Waals surface area (Å²) in [5, 5.41) is 0. The minimum atomic E-state index is 0.00906. The highest BCUT2D eigenvalue weighted by atomic mass is 16.5. The summed E-state index contributed by atoms with van der Waals surface area (Å²) in [6.45, 7) is 8.54. The molecule has 21 heavy (non-hydrogen) atoms. The van der Waals surface area contributed by atoms with E-state index < -0.39 is 0 Å². The molecule has 0 spiro atoms. The van der Waals surface area contributed by atoms with E-state index in [1.165, 1.54) is 5.56 Å². The summed E-state index contributed by atoms with van der Waals surface area (Å²) in [6.07, 6.45) is 0.894. The second-order valence-corrected chi connectivity index (χ2v) is 5.83. The highest BCUT2D eigenvalue weighted by molar-refractivity contribution is 5.44. The van der Waals surface area contributed by atoms with Crippen molar-refractivity contribution in [1.29, 1.82) is 0 Å². The van der Waals surface area contributed by atoms with Gasteiger partial charge in [0.05, 0.1) is 0 Å². The maximum Gasteiger partial charge on any atom is 0.132 e. The molecule has 0 saturated heterocycles. The molecule has 0 unspecified atom stereocenters. The summed E-state index contributed by atoms with van der Waals surface area (Å²) >= 11 is 0. The van der Waals surface area contributed by atoms with Crippen LogP contribution in [0.15, 0.2) is 42.5 Å². The van der Waals surface area contributed by atoms with Gasteiger partial charge in [-0.25, -0.2) is 0 Å². The van der Waals surface area contributed by atoms with Crippen LogP contribution in [0.1, 0.15) is 55.8 Å². The van der Waals surface area contributed by atoms with Gasteiger partial charge in [-0.3, -0.25) is 0 Å². The van der Waals surface area contributed by atoms with Gasteiger partial charge in [0.2, 0.25) is 0 Å². The van der Waals surface area contributed by atoms with E-state index in [2.05, 4.69) is 45.9 Å². The van der Waals surface area contributed by atoms with Gasteiger partial charge in [-0.05, 0) is 42.5 Å². The lowest BCUT2D eigenvalue weighted by Crippen LogP contribution is -2.09. The average molecular weight is 283 g/mol. The molecule has 1 atom stereocenters. The molecule has 0 aliphatic heterocycles. The Morgan fingerprint density at radius 2 is 1.76 bits per heavy atom. The van der Waals surface area contributed by atoms with Crippen molar-refractivity contribution in [3.8, 4) is 11.5 Å². The fourth-order valence-corrected chi connectivity index (χ4v) is 2.30.